The van der Waals surface area contributed by atoms with Gasteiger partial charge in [0, 0.05) is 6.54 Å². The molecule has 1 amide bonds. The minimum atomic E-state index is -4.73. The number of halogens is 3. The fourth-order valence-electron chi connectivity index (χ4n) is 1.34. The van der Waals surface area contributed by atoms with Crippen molar-refractivity contribution in [2.75, 3.05) is 13.1 Å². The highest BCUT2D eigenvalue weighted by atomic mass is 19.4. The maximum absolute atomic E-state index is 12.1. The largest absolute Gasteiger partial charge is 0.573 e. The minimum absolute atomic E-state index is 0.152. The molecule has 0 spiro atoms. The van der Waals surface area contributed by atoms with Gasteiger partial charge in [0.25, 0.3) is 0 Å². The highest BCUT2D eigenvalue weighted by Crippen LogP contribution is 2.26. The fraction of sp³-hybridized carbons (Fsp3) is 0.364. The van der Waals surface area contributed by atoms with Gasteiger partial charge in [-0.1, -0.05) is 18.2 Å². The predicted octanol–water partition coefficient (Wildman–Crippen LogP) is 1.20. The van der Waals surface area contributed by atoms with Gasteiger partial charge in [-0.25, -0.2) is 0 Å². The van der Waals surface area contributed by atoms with E-state index in [1.165, 1.54) is 18.2 Å². The van der Waals surface area contributed by atoms with Crippen LogP contribution in [0.3, 0.4) is 0 Å². The SMILES string of the molecule is NCC(=O)NCCc1ccccc1OC(F)(F)F. The van der Waals surface area contributed by atoms with Crippen LogP contribution in [0.25, 0.3) is 0 Å². The van der Waals surface area contributed by atoms with Gasteiger partial charge < -0.3 is 15.8 Å². The van der Waals surface area contributed by atoms with Crippen LogP contribution in [-0.4, -0.2) is 25.4 Å². The number of carbonyl (C=O) groups is 1. The molecule has 0 saturated heterocycles. The van der Waals surface area contributed by atoms with Crippen LogP contribution in [0.1, 0.15) is 5.56 Å². The van der Waals surface area contributed by atoms with Gasteiger partial charge in [0.05, 0.1) is 6.54 Å². The molecule has 18 heavy (non-hydrogen) atoms. The van der Waals surface area contributed by atoms with Gasteiger partial charge in [-0.05, 0) is 18.1 Å². The fourth-order valence-corrected chi connectivity index (χ4v) is 1.34. The number of hydrogen-bond donors (Lipinski definition) is 2. The normalized spacial score (nSPS) is 11.1. The van der Waals surface area contributed by atoms with Crippen molar-refractivity contribution in [2.45, 2.75) is 12.8 Å². The van der Waals surface area contributed by atoms with Crippen LogP contribution in [0.5, 0.6) is 5.75 Å². The van der Waals surface area contributed by atoms with Crippen LogP contribution in [0, 0.1) is 0 Å². The summed E-state index contributed by atoms with van der Waals surface area (Å²) in [7, 11) is 0. The van der Waals surface area contributed by atoms with Crippen molar-refractivity contribution in [2.24, 2.45) is 5.73 Å². The second kappa shape index (κ2) is 6.25. The number of nitrogens with one attached hydrogen (secondary N) is 1. The monoisotopic (exact) mass is 262 g/mol. The Morgan fingerprint density at radius 2 is 2.00 bits per heavy atom. The molecule has 0 atom stereocenters. The van der Waals surface area contributed by atoms with E-state index in [-0.39, 0.29) is 31.2 Å². The van der Waals surface area contributed by atoms with Crippen LogP contribution in [0.2, 0.25) is 0 Å². The van der Waals surface area contributed by atoms with E-state index in [0.29, 0.717) is 5.56 Å². The first-order valence-corrected chi connectivity index (χ1v) is 5.23. The molecule has 7 heteroatoms. The summed E-state index contributed by atoms with van der Waals surface area (Å²) in [6.45, 7) is 0.0506. The molecule has 0 aromatic heterocycles. The maximum Gasteiger partial charge on any atom is 0.573 e. The van der Waals surface area contributed by atoms with E-state index in [1.54, 1.807) is 6.07 Å². The first-order valence-electron chi connectivity index (χ1n) is 5.23. The van der Waals surface area contributed by atoms with Gasteiger partial charge in [0.1, 0.15) is 5.75 Å². The van der Waals surface area contributed by atoms with Crippen molar-refractivity contribution >= 4 is 5.91 Å². The summed E-state index contributed by atoms with van der Waals surface area (Å²) in [5, 5.41) is 2.47. The Hall–Kier alpha value is -1.76. The number of ether oxygens (including phenoxy) is 1. The van der Waals surface area contributed by atoms with Gasteiger partial charge in [-0.15, -0.1) is 13.2 Å². The van der Waals surface area contributed by atoms with Crippen molar-refractivity contribution in [3.63, 3.8) is 0 Å². The first kappa shape index (κ1) is 14.3. The van der Waals surface area contributed by atoms with E-state index in [2.05, 4.69) is 10.1 Å². The molecule has 0 unspecified atom stereocenters. The predicted molar refractivity (Wildman–Crippen MR) is 58.9 cm³/mol. The molecule has 1 aromatic carbocycles. The number of alkyl halides is 3. The average Bonchev–Trinajstić information content (AvgIpc) is 2.29. The Labute approximate surface area is 102 Å². The molecule has 100 valence electrons. The maximum atomic E-state index is 12.1. The minimum Gasteiger partial charge on any atom is -0.406 e. The molecule has 3 N–H and O–H groups in total. The molecule has 0 fully saturated rings. The highest BCUT2D eigenvalue weighted by Gasteiger charge is 2.31. The lowest BCUT2D eigenvalue weighted by molar-refractivity contribution is -0.274. The molecule has 0 heterocycles. The van der Waals surface area contributed by atoms with Crippen molar-refractivity contribution in [3.05, 3.63) is 29.8 Å². The van der Waals surface area contributed by atoms with Crippen LogP contribution >= 0.6 is 0 Å². The zero-order valence-electron chi connectivity index (χ0n) is 9.46. The van der Waals surface area contributed by atoms with Crippen LogP contribution < -0.4 is 15.8 Å². The Bertz CT molecular complexity index is 408. The third-order valence-corrected chi connectivity index (χ3v) is 2.10. The standard InChI is InChI=1S/C11H13F3N2O2/c12-11(13,14)18-9-4-2-1-3-8(9)5-6-16-10(17)7-15/h1-4H,5-7,15H2,(H,16,17). The molecule has 0 bridgehead atoms. The van der Waals surface area contributed by atoms with Crippen molar-refractivity contribution in [3.8, 4) is 5.75 Å². The zero-order chi connectivity index (χ0) is 13.6. The van der Waals surface area contributed by atoms with Gasteiger partial charge >= 0.3 is 6.36 Å². The molecule has 1 aromatic rings. The first-order chi connectivity index (χ1) is 8.42. The molecular formula is C11H13F3N2O2. The second-order valence-corrected chi connectivity index (χ2v) is 3.46. The van der Waals surface area contributed by atoms with E-state index >= 15 is 0 Å². The Balaban J connectivity index is 2.62. The van der Waals surface area contributed by atoms with E-state index in [1.807, 2.05) is 0 Å². The van der Waals surface area contributed by atoms with Crippen molar-refractivity contribution < 1.29 is 22.7 Å². The van der Waals surface area contributed by atoms with Crippen LogP contribution in [0.15, 0.2) is 24.3 Å². The van der Waals surface area contributed by atoms with Gasteiger partial charge in [0.15, 0.2) is 0 Å². The topological polar surface area (TPSA) is 64.4 Å². The Morgan fingerprint density at radius 3 is 2.61 bits per heavy atom. The summed E-state index contributed by atoms with van der Waals surface area (Å²) >= 11 is 0. The summed E-state index contributed by atoms with van der Waals surface area (Å²) in [4.78, 5) is 10.9. The quantitative estimate of drug-likeness (QED) is 0.838. The highest BCUT2D eigenvalue weighted by molar-refractivity contribution is 5.77. The molecule has 4 nitrogen and oxygen atoms in total. The van der Waals surface area contributed by atoms with E-state index in [0.717, 1.165) is 0 Å². The van der Waals surface area contributed by atoms with Crippen LogP contribution in [-0.2, 0) is 11.2 Å². The number of nitrogens with two attached hydrogens (primary N) is 1. The third-order valence-electron chi connectivity index (χ3n) is 2.10. The third kappa shape index (κ3) is 5.05. The summed E-state index contributed by atoms with van der Waals surface area (Å²) < 4.78 is 40.2. The molecule has 0 aliphatic heterocycles. The molecule has 0 radical (unpaired) electrons. The molecule has 0 saturated carbocycles. The average molecular weight is 262 g/mol. The van der Waals surface area contributed by atoms with E-state index in [9.17, 15) is 18.0 Å². The summed E-state index contributed by atoms with van der Waals surface area (Å²) in [5.74, 6) is -0.615. The summed E-state index contributed by atoms with van der Waals surface area (Å²) in [6.07, 6.45) is -4.49. The van der Waals surface area contributed by atoms with Crippen molar-refractivity contribution in [1.82, 2.24) is 5.32 Å². The lowest BCUT2D eigenvalue weighted by Gasteiger charge is -2.13. The Morgan fingerprint density at radius 1 is 1.33 bits per heavy atom. The summed E-state index contributed by atoms with van der Waals surface area (Å²) in [5.41, 5.74) is 5.45. The number of hydrogen-bond acceptors (Lipinski definition) is 3. The number of amides is 1. The number of carbonyl (C=O) groups excluding carboxylic acids is 1. The van der Waals surface area contributed by atoms with Crippen LogP contribution in [0.4, 0.5) is 13.2 Å². The zero-order valence-corrected chi connectivity index (χ0v) is 9.46. The van der Waals surface area contributed by atoms with Gasteiger partial charge in [-0.3, -0.25) is 4.79 Å². The smallest absolute Gasteiger partial charge is 0.406 e. The molecular weight excluding hydrogens is 249 g/mol. The van der Waals surface area contributed by atoms with E-state index < -0.39 is 6.36 Å². The lowest BCUT2D eigenvalue weighted by Crippen LogP contribution is -2.31. The number of benzene rings is 1. The number of para-hydroxylation sites is 1. The molecule has 0 aliphatic rings. The lowest BCUT2D eigenvalue weighted by atomic mass is 10.1. The second-order valence-electron chi connectivity index (χ2n) is 3.46. The molecule has 1 rings (SSSR count). The molecule has 0 aliphatic carbocycles. The Kier molecular flexibility index (Phi) is 4.96. The van der Waals surface area contributed by atoms with E-state index in [4.69, 9.17) is 5.73 Å². The van der Waals surface area contributed by atoms with Crippen molar-refractivity contribution in [1.29, 1.82) is 0 Å². The van der Waals surface area contributed by atoms with Gasteiger partial charge in [-0.2, -0.15) is 0 Å². The summed E-state index contributed by atoms with van der Waals surface area (Å²) in [6, 6.07) is 5.79. The van der Waals surface area contributed by atoms with Gasteiger partial charge in [0.2, 0.25) is 5.91 Å². The number of rotatable bonds is 5.